The molecule has 2 aromatic heterocycles. The Morgan fingerprint density at radius 1 is 1.11 bits per heavy atom. The molecule has 0 amide bonds. The van der Waals surface area contributed by atoms with Gasteiger partial charge in [0.2, 0.25) is 10.0 Å². The van der Waals surface area contributed by atoms with Gasteiger partial charge in [-0.3, -0.25) is 14.4 Å². The summed E-state index contributed by atoms with van der Waals surface area (Å²) >= 11 is 0. The third-order valence-corrected chi connectivity index (χ3v) is 8.52. The summed E-state index contributed by atoms with van der Waals surface area (Å²) in [4.78, 5) is 41.9. The Kier molecular flexibility index (Phi) is 11.4. The molecule has 0 unspecified atom stereocenters. The zero-order chi connectivity index (χ0) is 32.7. The number of rotatable bonds is 12. The maximum Gasteiger partial charge on any atom is 0.328 e. The molecule has 0 aliphatic carbocycles. The van der Waals surface area contributed by atoms with Gasteiger partial charge in [-0.1, -0.05) is 20.3 Å². The summed E-state index contributed by atoms with van der Waals surface area (Å²) in [7, 11) is -2.15. The van der Waals surface area contributed by atoms with Crippen LogP contribution in [0.1, 0.15) is 59.1 Å². The standard InChI is InChI=1S/C25H36N6O4S.C4H4O4/c1-6-10-19-21-22(30(5)28-19)24(32)27-23(26-21)18-16-17(11-12-20(18)35-15-7-2)36(33,34)29-25(3,4)31-13-8-9-14-31;5-3(6)1-2-4(7)8/h11-12,16,29H,6-10,13-15H2,1-5H3,(H,26,27,32);1-2H,(H,5,6)(H,7,8). The maximum atomic E-state index is 13.5. The molecule has 3 heterocycles. The van der Waals surface area contributed by atoms with Crippen LogP contribution in [0.3, 0.4) is 0 Å². The Hall–Kier alpha value is -4.08. The first-order valence-electron chi connectivity index (χ1n) is 14.4. The number of carboxylic acids is 2. The highest BCUT2D eigenvalue weighted by Gasteiger charge is 2.34. The zero-order valence-electron chi connectivity index (χ0n) is 25.6. The summed E-state index contributed by atoms with van der Waals surface area (Å²) in [6, 6.07) is 4.68. The first-order chi connectivity index (χ1) is 20.7. The van der Waals surface area contributed by atoms with Crippen molar-refractivity contribution in [1.29, 1.82) is 0 Å². The average Bonchev–Trinajstić information content (AvgIpc) is 3.60. The SMILES string of the molecule is CCCOc1ccc(S(=O)(=O)NC(C)(C)N2CCCC2)cc1-c1nc2c(CCC)nn(C)c2c(=O)[nH]1.O=C(O)C=CC(=O)O. The van der Waals surface area contributed by atoms with Gasteiger partial charge in [-0.25, -0.2) is 23.0 Å². The largest absolute Gasteiger partial charge is 0.493 e. The number of aromatic amines is 1. The number of aryl methyl sites for hydroxylation is 2. The molecular weight excluding hydrogens is 592 g/mol. The number of aliphatic carboxylic acids is 2. The Morgan fingerprint density at radius 3 is 2.32 bits per heavy atom. The van der Waals surface area contributed by atoms with Crippen molar-refractivity contribution in [1.82, 2.24) is 29.4 Å². The Morgan fingerprint density at radius 2 is 1.75 bits per heavy atom. The number of likely N-dealkylation sites (tertiary alicyclic amines) is 1. The minimum Gasteiger partial charge on any atom is -0.493 e. The molecule has 15 heteroatoms. The number of fused-ring (bicyclic) bond motifs is 1. The summed E-state index contributed by atoms with van der Waals surface area (Å²) in [5.41, 5.74) is 0.975. The lowest BCUT2D eigenvalue weighted by atomic mass is 10.1. The highest BCUT2D eigenvalue weighted by molar-refractivity contribution is 7.89. The highest BCUT2D eigenvalue weighted by atomic mass is 32.2. The summed E-state index contributed by atoms with van der Waals surface area (Å²) in [6.07, 6.45) is 5.52. The fourth-order valence-corrected chi connectivity index (χ4v) is 6.27. The van der Waals surface area contributed by atoms with Crippen molar-refractivity contribution >= 4 is 33.0 Å². The fraction of sp³-hybridized carbons (Fsp3) is 0.483. The van der Waals surface area contributed by atoms with Crippen LogP contribution in [0.15, 0.2) is 40.0 Å². The van der Waals surface area contributed by atoms with Gasteiger partial charge >= 0.3 is 11.9 Å². The Labute approximate surface area is 255 Å². The average molecular weight is 633 g/mol. The van der Waals surface area contributed by atoms with E-state index in [-0.39, 0.29) is 16.3 Å². The highest BCUT2D eigenvalue weighted by Crippen LogP contribution is 2.32. The second-order valence-electron chi connectivity index (χ2n) is 10.8. The molecule has 1 saturated heterocycles. The number of carbonyl (C=O) groups is 2. The summed E-state index contributed by atoms with van der Waals surface area (Å²) < 4.78 is 37.2. The number of hydrogen-bond donors (Lipinski definition) is 4. The molecule has 3 aromatic rings. The van der Waals surface area contributed by atoms with E-state index in [2.05, 4.69) is 19.7 Å². The van der Waals surface area contributed by atoms with Crippen LogP contribution >= 0.6 is 0 Å². The minimum absolute atomic E-state index is 0.0799. The summed E-state index contributed by atoms with van der Waals surface area (Å²) in [6.45, 7) is 9.92. The van der Waals surface area contributed by atoms with Gasteiger partial charge in [-0.2, -0.15) is 9.82 Å². The number of carboxylic acid groups (broad SMARTS) is 2. The second kappa shape index (κ2) is 14.6. The minimum atomic E-state index is -3.87. The quantitative estimate of drug-likeness (QED) is 0.214. The van der Waals surface area contributed by atoms with Crippen LogP contribution in [-0.2, 0) is 33.1 Å². The van der Waals surface area contributed by atoms with Crippen molar-refractivity contribution in [3.63, 3.8) is 0 Å². The fourth-order valence-electron chi connectivity index (χ4n) is 4.85. The van der Waals surface area contributed by atoms with E-state index in [0.29, 0.717) is 47.5 Å². The van der Waals surface area contributed by atoms with Crippen molar-refractivity contribution in [3.05, 3.63) is 46.4 Å². The second-order valence-corrected chi connectivity index (χ2v) is 12.5. The van der Waals surface area contributed by atoms with Gasteiger partial charge in [0, 0.05) is 19.2 Å². The molecule has 44 heavy (non-hydrogen) atoms. The van der Waals surface area contributed by atoms with Gasteiger partial charge in [-0.05, 0) is 70.8 Å². The lowest BCUT2D eigenvalue weighted by Crippen LogP contribution is -2.55. The molecule has 4 rings (SSSR count). The third kappa shape index (κ3) is 8.51. The first kappa shape index (κ1) is 34.4. The molecule has 1 aromatic carbocycles. The van der Waals surface area contributed by atoms with Crippen LogP contribution < -0.4 is 15.0 Å². The van der Waals surface area contributed by atoms with Gasteiger partial charge in [0.25, 0.3) is 5.56 Å². The lowest BCUT2D eigenvalue weighted by molar-refractivity contribution is -0.134. The van der Waals surface area contributed by atoms with Crippen LogP contribution in [0, 0.1) is 0 Å². The van der Waals surface area contributed by atoms with Crippen LogP contribution in [-0.4, -0.2) is 80.6 Å². The topological polar surface area (TPSA) is 197 Å². The van der Waals surface area contributed by atoms with Crippen LogP contribution in [0.2, 0.25) is 0 Å². The van der Waals surface area contributed by atoms with E-state index in [1.165, 1.54) is 16.8 Å². The summed E-state index contributed by atoms with van der Waals surface area (Å²) in [5.74, 6) is -1.81. The molecule has 0 atom stereocenters. The third-order valence-electron chi connectivity index (χ3n) is 6.88. The molecule has 0 radical (unpaired) electrons. The number of hydrogen-bond acceptors (Lipinski definition) is 9. The van der Waals surface area contributed by atoms with Crippen molar-refractivity contribution < 1.29 is 33.0 Å². The van der Waals surface area contributed by atoms with Gasteiger partial charge in [0.1, 0.15) is 17.1 Å². The zero-order valence-corrected chi connectivity index (χ0v) is 26.4. The van der Waals surface area contributed by atoms with Crippen molar-refractivity contribution in [3.8, 4) is 17.1 Å². The van der Waals surface area contributed by atoms with E-state index < -0.39 is 27.6 Å². The molecule has 1 fully saturated rings. The van der Waals surface area contributed by atoms with E-state index >= 15 is 0 Å². The Balaban J connectivity index is 0.000000583. The van der Waals surface area contributed by atoms with Crippen molar-refractivity contribution in [2.45, 2.75) is 70.4 Å². The Bertz CT molecular complexity index is 1670. The van der Waals surface area contributed by atoms with E-state index in [1.807, 2.05) is 27.7 Å². The smallest absolute Gasteiger partial charge is 0.328 e. The van der Waals surface area contributed by atoms with Crippen molar-refractivity contribution in [2.24, 2.45) is 7.05 Å². The molecule has 240 valence electrons. The van der Waals surface area contributed by atoms with Gasteiger partial charge in [0.15, 0.2) is 5.52 Å². The number of aromatic nitrogens is 4. The molecule has 14 nitrogen and oxygen atoms in total. The molecule has 4 N–H and O–H groups in total. The molecule has 0 spiro atoms. The molecule has 1 aliphatic rings. The van der Waals surface area contributed by atoms with E-state index in [1.54, 1.807) is 13.1 Å². The lowest BCUT2D eigenvalue weighted by Gasteiger charge is -2.35. The van der Waals surface area contributed by atoms with Crippen LogP contribution in [0.5, 0.6) is 5.75 Å². The number of sulfonamides is 1. The molecule has 0 bridgehead atoms. The number of nitrogens with zero attached hydrogens (tertiary/aromatic N) is 4. The molecular formula is C29H40N6O8S. The van der Waals surface area contributed by atoms with E-state index in [4.69, 9.17) is 19.9 Å². The van der Waals surface area contributed by atoms with E-state index in [0.717, 1.165) is 44.5 Å². The van der Waals surface area contributed by atoms with Crippen LogP contribution in [0.25, 0.3) is 22.4 Å². The van der Waals surface area contributed by atoms with Crippen LogP contribution in [0.4, 0.5) is 0 Å². The van der Waals surface area contributed by atoms with Gasteiger partial charge < -0.3 is 19.9 Å². The number of ether oxygens (including phenoxy) is 1. The van der Waals surface area contributed by atoms with E-state index in [9.17, 15) is 22.8 Å². The normalized spacial score (nSPS) is 14.1. The maximum absolute atomic E-state index is 13.5. The number of nitrogens with one attached hydrogen (secondary N) is 2. The predicted molar refractivity (Wildman–Crippen MR) is 164 cm³/mol. The number of benzene rings is 1. The molecule has 0 saturated carbocycles. The molecule has 1 aliphatic heterocycles. The van der Waals surface area contributed by atoms with Crippen molar-refractivity contribution in [2.75, 3.05) is 19.7 Å². The predicted octanol–water partition coefficient (Wildman–Crippen LogP) is 2.89. The number of H-pyrrole nitrogens is 1. The van der Waals surface area contributed by atoms with Gasteiger partial charge in [0.05, 0.1) is 28.4 Å². The first-order valence-corrected chi connectivity index (χ1v) is 15.8. The summed E-state index contributed by atoms with van der Waals surface area (Å²) in [5, 5.41) is 20.1. The monoisotopic (exact) mass is 632 g/mol. The van der Waals surface area contributed by atoms with Gasteiger partial charge in [-0.15, -0.1) is 0 Å².